The fourth-order valence-corrected chi connectivity index (χ4v) is 2.77. The van der Waals surface area contributed by atoms with Gasteiger partial charge in [-0.2, -0.15) is 0 Å². The molecule has 0 bridgehead atoms. The molecule has 0 fully saturated rings. The minimum absolute atomic E-state index is 0.522. The van der Waals surface area contributed by atoms with Crippen molar-refractivity contribution >= 4 is 21.5 Å². The number of hydrogen-bond acceptors (Lipinski definition) is 0. The highest BCUT2D eigenvalue weighted by atomic mass is 79.9. The number of benzene rings is 1. The highest BCUT2D eigenvalue weighted by Crippen LogP contribution is 2.34. The molecule has 1 aromatic rings. The summed E-state index contributed by atoms with van der Waals surface area (Å²) in [4.78, 5) is 0. The van der Waals surface area contributed by atoms with Crippen LogP contribution in [0.1, 0.15) is 5.56 Å². The summed E-state index contributed by atoms with van der Waals surface area (Å²) in [6.07, 6.45) is 6.72. The number of halogens is 1. The lowest BCUT2D eigenvalue weighted by Crippen LogP contribution is -2.38. The van der Waals surface area contributed by atoms with E-state index in [1.165, 1.54) is 15.6 Å². The second kappa shape index (κ2) is 4.79. The quantitative estimate of drug-likeness (QED) is 0.745. The van der Waals surface area contributed by atoms with Gasteiger partial charge < -0.3 is 4.48 Å². The smallest absolute Gasteiger partial charge is 0.0885 e. The summed E-state index contributed by atoms with van der Waals surface area (Å²) < 4.78 is 2.16. The van der Waals surface area contributed by atoms with E-state index in [1.807, 2.05) is 0 Å². The van der Waals surface area contributed by atoms with Gasteiger partial charge in [-0.25, -0.2) is 0 Å². The maximum atomic E-state index is 3.64. The monoisotopic (exact) mass is 292 g/mol. The van der Waals surface area contributed by atoms with E-state index in [2.05, 4.69) is 79.6 Å². The molecule has 1 aliphatic rings. The molecule has 1 atom stereocenters. The van der Waals surface area contributed by atoms with Crippen LogP contribution in [-0.4, -0.2) is 32.2 Å². The van der Waals surface area contributed by atoms with E-state index in [0.717, 1.165) is 11.0 Å². The van der Waals surface area contributed by atoms with Crippen LogP contribution in [0.2, 0.25) is 0 Å². The standard InChI is InChI=1S/C15H19BrN/c1-17(2,3)11-12-7-6-9-13(12)14-8-4-5-10-15(14)16/h4-10,12H,11H2,1-3H3/q+1. The largest absolute Gasteiger partial charge is 0.330 e. The Labute approximate surface area is 112 Å². The summed E-state index contributed by atoms with van der Waals surface area (Å²) >= 11 is 3.64. The van der Waals surface area contributed by atoms with Crippen LogP contribution >= 0.6 is 15.9 Å². The molecule has 0 saturated carbocycles. The second-order valence-electron chi connectivity index (χ2n) is 5.57. The molecule has 0 saturated heterocycles. The van der Waals surface area contributed by atoms with E-state index >= 15 is 0 Å². The molecule has 2 heteroatoms. The Morgan fingerprint density at radius 2 is 1.88 bits per heavy atom. The van der Waals surface area contributed by atoms with Crippen molar-refractivity contribution in [1.29, 1.82) is 0 Å². The van der Waals surface area contributed by atoms with Gasteiger partial charge in [0.15, 0.2) is 0 Å². The molecule has 0 aromatic heterocycles. The summed E-state index contributed by atoms with van der Waals surface area (Å²) in [5.74, 6) is 0.522. The van der Waals surface area contributed by atoms with Crippen LogP contribution in [0, 0.1) is 5.92 Å². The van der Waals surface area contributed by atoms with Gasteiger partial charge in [0.25, 0.3) is 0 Å². The third-order valence-electron chi connectivity index (χ3n) is 2.95. The zero-order valence-corrected chi connectivity index (χ0v) is 12.2. The van der Waals surface area contributed by atoms with Crippen molar-refractivity contribution in [1.82, 2.24) is 0 Å². The topological polar surface area (TPSA) is 0 Å². The van der Waals surface area contributed by atoms with E-state index in [1.54, 1.807) is 0 Å². The number of rotatable bonds is 3. The molecule has 1 aliphatic carbocycles. The minimum Gasteiger partial charge on any atom is -0.330 e. The SMILES string of the molecule is C[N+](C)(C)CC1C=CC=C1c1ccccc1Br. The number of allylic oxidation sites excluding steroid dienone is 2. The molecule has 1 nitrogen and oxygen atoms in total. The fourth-order valence-electron chi connectivity index (χ4n) is 2.25. The zero-order chi connectivity index (χ0) is 12.5. The Bertz CT molecular complexity index is 466. The van der Waals surface area contributed by atoms with Gasteiger partial charge in [0.1, 0.15) is 0 Å². The van der Waals surface area contributed by atoms with Gasteiger partial charge in [0.05, 0.1) is 33.6 Å². The van der Waals surface area contributed by atoms with Gasteiger partial charge in [0, 0.05) is 4.47 Å². The number of nitrogens with zero attached hydrogens (tertiary/aromatic N) is 1. The molecule has 2 rings (SSSR count). The lowest BCUT2D eigenvalue weighted by atomic mass is 9.95. The van der Waals surface area contributed by atoms with Crippen molar-refractivity contribution in [2.24, 2.45) is 5.92 Å². The first kappa shape index (κ1) is 12.6. The number of hydrogen-bond donors (Lipinski definition) is 0. The first-order valence-electron chi connectivity index (χ1n) is 5.91. The summed E-state index contributed by atoms with van der Waals surface area (Å²) in [7, 11) is 6.72. The lowest BCUT2D eigenvalue weighted by molar-refractivity contribution is -0.872. The average molecular weight is 293 g/mol. The van der Waals surface area contributed by atoms with Gasteiger partial charge in [-0.05, 0) is 17.2 Å². The minimum atomic E-state index is 0.522. The van der Waals surface area contributed by atoms with E-state index < -0.39 is 0 Å². The Kier molecular flexibility index (Phi) is 3.55. The first-order chi connectivity index (χ1) is 7.97. The van der Waals surface area contributed by atoms with E-state index in [9.17, 15) is 0 Å². The molecule has 90 valence electrons. The van der Waals surface area contributed by atoms with Crippen LogP contribution in [0.3, 0.4) is 0 Å². The third-order valence-corrected chi connectivity index (χ3v) is 3.64. The summed E-state index contributed by atoms with van der Waals surface area (Å²) in [6.45, 7) is 1.13. The van der Waals surface area contributed by atoms with Gasteiger partial charge in [0.2, 0.25) is 0 Å². The van der Waals surface area contributed by atoms with Crippen LogP contribution in [0.25, 0.3) is 5.57 Å². The predicted molar refractivity (Wildman–Crippen MR) is 77.6 cm³/mol. The maximum Gasteiger partial charge on any atom is 0.0885 e. The summed E-state index contributed by atoms with van der Waals surface area (Å²) in [6, 6.07) is 8.46. The second-order valence-corrected chi connectivity index (χ2v) is 6.42. The van der Waals surface area contributed by atoms with Crippen LogP contribution < -0.4 is 0 Å². The Morgan fingerprint density at radius 1 is 1.18 bits per heavy atom. The molecule has 1 aromatic carbocycles. The van der Waals surface area contributed by atoms with Crippen molar-refractivity contribution in [3.63, 3.8) is 0 Å². The van der Waals surface area contributed by atoms with Crippen LogP contribution in [0.15, 0.2) is 47.0 Å². The van der Waals surface area contributed by atoms with E-state index in [0.29, 0.717) is 5.92 Å². The average Bonchev–Trinajstić information content (AvgIpc) is 2.64. The Hall–Kier alpha value is -0.860. The van der Waals surface area contributed by atoms with Gasteiger partial charge in [-0.1, -0.05) is 52.4 Å². The molecule has 0 heterocycles. The molecule has 0 N–H and O–H groups in total. The fraction of sp³-hybridized carbons (Fsp3) is 0.333. The molecule has 0 amide bonds. The maximum absolute atomic E-state index is 3.64. The highest BCUT2D eigenvalue weighted by Gasteiger charge is 2.23. The highest BCUT2D eigenvalue weighted by molar-refractivity contribution is 9.10. The molecule has 0 spiro atoms. The van der Waals surface area contributed by atoms with Crippen LogP contribution in [-0.2, 0) is 0 Å². The Balaban J connectivity index is 2.26. The molecular formula is C15H19BrN+. The van der Waals surface area contributed by atoms with Crippen molar-refractivity contribution in [2.75, 3.05) is 27.7 Å². The van der Waals surface area contributed by atoms with Crippen molar-refractivity contribution in [3.8, 4) is 0 Å². The van der Waals surface area contributed by atoms with Crippen LogP contribution in [0.4, 0.5) is 0 Å². The molecule has 0 aliphatic heterocycles. The third kappa shape index (κ3) is 3.08. The first-order valence-corrected chi connectivity index (χ1v) is 6.70. The molecule has 17 heavy (non-hydrogen) atoms. The lowest BCUT2D eigenvalue weighted by Gasteiger charge is -2.28. The van der Waals surface area contributed by atoms with Gasteiger partial charge in [-0.15, -0.1) is 0 Å². The van der Waals surface area contributed by atoms with Gasteiger partial charge in [-0.3, -0.25) is 0 Å². The van der Waals surface area contributed by atoms with Crippen molar-refractivity contribution in [3.05, 3.63) is 52.5 Å². The summed E-state index contributed by atoms with van der Waals surface area (Å²) in [5.41, 5.74) is 2.74. The predicted octanol–water partition coefficient (Wildman–Crippen LogP) is 3.72. The van der Waals surface area contributed by atoms with E-state index in [4.69, 9.17) is 0 Å². The number of quaternary nitrogens is 1. The molecular weight excluding hydrogens is 274 g/mol. The van der Waals surface area contributed by atoms with Crippen molar-refractivity contribution in [2.45, 2.75) is 0 Å². The summed E-state index contributed by atoms with van der Waals surface area (Å²) in [5, 5.41) is 0. The van der Waals surface area contributed by atoms with Crippen LogP contribution in [0.5, 0.6) is 0 Å². The normalized spacial score (nSPS) is 19.5. The molecule has 1 unspecified atom stereocenters. The van der Waals surface area contributed by atoms with Crippen molar-refractivity contribution < 1.29 is 4.48 Å². The molecule has 0 radical (unpaired) electrons. The van der Waals surface area contributed by atoms with E-state index in [-0.39, 0.29) is 0 Å². The Morgan fingerprint density at radius 3 is 2.53 bits per heavy atom. The van der Waals surface area contributed by atoms with Gasteiger partial charge >= 0.3 is 0 Å². The zero-order valence-electron chi connectivity index (χ0n) is 10.7.